The minimum Gasteiger partial charge on any atom is -0.462 e. The van der Waals surface area contributed by atoms with Gasteiger partial charge in [-0.15, -0.1) is 0 Å². The van der Waals surface area contributed by atoms with Crippen LogP contribution in [0.3, 0.4) is 0 Å². The number of hydrogen-bond acceptors (Lipinski definition) is 4. The first-order valence-electron chi connectivity index (χ1n) is 18.5. The quantitative estimate of drug-likeness (QED) is 0.0443. The van der Waals surface area contributed by atoms with Crippen LogP contribution in [0.1, 0.15) is 195 Å². The minimum absolute atomic E-state index is 0.346. The van der Waals surface area contributed by atoms with Gasteiger partial charge in [-0.25, -0.2) is 9.59 Å². The minimum atomic E-state index is -0.460. The van der Waals surface area contributed by atoms with Gasteiger partial charge in [-0.3, -0.25) is 0 Å². The lowest BCUT2D eigenvalue weighted by molar-refractivity contribution is -0.141. The maximum atomic E-state index is 12.0. The van der Waals surface area contributed by atoms with Crippen LogP contribution in [0.15, 0.2) is 12.2 Å². The van der Waals surface area contributed by atoms with Gasteiger partial charge in [-0.1, -0.05) is 182 Å². The Kier molecular flexibility index (Phi) is 31.6. The van der Waals surface area contributed by atoms with Crippen molar-refractivity contribution in [3.63, 3.8) is 0 Å². The number of hydrogen-bond donors (Lipinski definition) is 0. The molecular weight excluding hydrogens is 520 g/mol. The second-order valence-corrected chi connectivity index (χ2v) is 13.2. The first-order chi connectivity index (χ1) is 20.5. The van der Waals surface area contributed by atoms with E-state index in [0.29, 0.717) is 25.0 Å². The zero-order valence-electron chi connectivity index (χ0n) is 28.7. The molecule has 0 rings (SSSR count). The molecule has 0 aromatic rings. The summed E-state index contributed by atoms with van der Waals surface area (Å²) in [4.78, 5) is 24.0. The van der Waals surface area contributed by atoms with Gasteiger partial charge in [0.15, 0.2) is 0 Å². The molecule has 0 aliphatic carbocycles. The molecule has 0 saturated carbocycles. The second kappa shape index (κ2) is 32.6. The molecule has 0 aromatic carbocycles. The Hall–Kier alpha value is -1.32. The normalized spacial score (nSPS) is 13.0. The summed E-state index contributed by atoms with van der Waals surface area (Å²) in [7, 11) is 0. The van der Waals surface area contributed by atoms with Gasteiger partial charge < -0.3 is 9.47 Å². The lowest BCUT2D eigenvalue weighted by atomic mass is 10.0. The molecule has 0 amide bonds. The molecule has 0 fully saturated rings. The average Bonchev–Trinajstić information content (AvgIpc) is 2.99. The summed E-state index contributed by atoms with van der Waals surface area (Å²) in [6, 6.07) is 0. The molecule has 2 atom stereocenters. The Bertz CT molecular complexity index is 562. The van der Waals surface area contributed by atoms with Gasteiger partial charge in [0.05, 0.1) is 13.2 Å². The van der Waals surface area contributed by atoms with E-state index < -0.39 is 11.9 Å². The van der Waals surface area contributed by atoms with Crippen LogP contribution >= 0.6 is 0 Å². The zero-order valence-corrected chi connectivity index (χ0v) is 28.7. The molecule has 0 N–H and O–H groups in total. The van der Waals surface area contributed by atoms with E-state index in [2.05, 4.69) is 27.7 Å². The van der Waals surface area contributed by atoms with E-state index in [1.165, 1.54) is 166 Å². The van der Waals surface area contributed by atoms with Crippen molar-refractivity contribution in [2.45, 2.75) is 195 Å². The van der Waals surface area contributed by atoms with Crippen LogP contribution in [0, 0.1) is 11.8 Å². The summed E-state index contributed by atoms with van der Waals surface area (Å²) in [5.41, 5.74) is 0. The van der Waals surface area contributed by atoms with Crippen LogP contribution in [0.2, 0.25) is 0 Å². The Morgan fingerprint density at radius 2 is 0.667 bits per heavy atom. The summed E-state index contributed by atoms with van der Waals surface area (Å²) in [5.74, 6) is -0.228. The molecule has 0 aliphatic rings. The van der Waals surface area contributed by atoms with Crippen molar-refractivity contribution in [1.29, 1.82) is 0 Å². The van der Waals surface area contributed by atoms with Crippen molar-refractivity contribution in [2.75, 3.05) is 13.2 Å². The van der Waals surface area contributed by atoms with E-state index in [0.717, 1.165) is 12.8 Å². The molecule has 0 aromatic heterocycles. The summed E-state index contributed by atoms with van der Waals surface area (Å²) in [6.45, 7) is 9.61. The highest BCUT2D eigenvalue weighted by Crippen LogP contribution is 2.16. The van der Waals surface area contributed by atoms with Gasteiger partial charge >= 0.3 is 11.9 Å². The van der Waals surface area contributed by atoms with Crippen molar-refractivity contribution < 1.29 is 19.1 Å². The monoisotopic (exact) mass is 593 g/mol. The summed E-state index contributed by atoms with van der Waals surface area (Å²) >= 11 is 0. The topological polar surface area (TPSA) is 52.6 Å². The number of unbranched alkanes of at least 4 members (excludes halogenated alkanes) is 22. The third kappa shape index (κ3) is 31.6. The van der Waals surface area contributed by atoms with E-state index >= 15 is 0 Å². The molecule has 0 aliphatic heterocycles. The summed E-state index contributed by atoms with van der Waals surface area (Å²) in [5, 5.41) is 0. The fourth-order valence-electron chi connectivity index (χ4n) is 5.52. The van der Waals surface area contributed by atoms with Gasteiger partial charge in [-0.2, -0.15) is 0 Å². The lowest BCUT2D eigenvalue weighted by Crippen LogP contribution is -2.12. The fourth-order valence-corrected chi connectivity index (χ4v) is 5.52. The Labute approximate surface area is 262 Å². The highest BCUT2D eigenvalue weighted by Gasteiger charge is 2.08. The Balaban J connectivity index is 3.58. The fraction of sp³-hybridized carbons (Fsp3) is 0.895. The first kappa shape index (κ1) is 40.7. The third-order valence-corrected chi connectivity index (χ3v) is 8.48. The molecule has 0 heterocycles. The van der Waals surface area contributed by atoms with E-state index in [9.17, 15) is 9.59 Å². The Morgan fingerprint density at radius 3 is 0.929 bits per heavy atom. The van der Waals surface area contributed by atoms with Gasteiger partial charge in [0.2, 0.25) is 0 Å². The molecule has 4 heteroatoms. The van der Waals surface area contributed by atoms with Gasteiger partial charge in [0.1, 0.15) is 0 Å². The summed E-state index contributed by atoms with van der Waals surface area (Å²) in [6.07, 6.45) is 37.0. The predicted molar refractivity (Wildman–Crippen MR) is 181 cm³/mol. The standard InChI is InChI=1S/C38H72O4/c1-5-7-9-11-13-15-17-19-21-23-25-27-29-35(3)33-41-37(39)31-32-38(40)42-34-36(4)30-28-26-24-22-20-18-16-14-12-10-8-6-2/h31-32,35-36H,5-30,33-34H2,1-4H3. The van der Waals surface area contributed by atoms with Crippen molar-refractivity contribution >= 4 is 11.9 Å². The second-order valence-electron chi connectivity index (χ2n) is 13.2. The van der Waals surface area contributed by atoms with E-state index in [-0.39, 0.29) is 0 Å². The zero-order chi connectivity index (χ0) is 30.9. The molecule has 2 unspecified atom stereocenters. The SMILES string of the molecule is CCCCCCCCCCCCCCC(C)COC(=O)C=CC(=O)OCC(C)CCCCCCCCCCCCCC. The largest absolute Gasteiger partial charge is 0.462 e. The number of rotatable bonds is 32. The molecule has 0 saturated heterocycles. The van der Waals surface area contributed by atoms with Gasteiger partial charge in [-0.05, 0) is 24.7 Å². The van der Waals surface area contributed by atoms with Crippen molar-refractivity contribution in [3.05, 3.63) is 12.2 Å². The van der Waals surface area contributed by atoms with Crippen LogP contribution in [0.4, 0.5) is 0 Å². The number of esters is 2. The van der Waals surface area contributed by atoms with E-state index in [1.54, 1.807) is 0 Å². The predicted octanol–water partition coefficient (Wildman–Crippen LogP) is 12.1. The smallest absolute Gasteiger partial charge is 0.331 e. The highest BCUT2D eigenvalue weighted by molar-refractivity contribution is 5.91. The van der Waals surface area contributed by atoms with Crippen molar-refractivity contribution in [3.8, 4) is 0 Å². The van der Waals surface area contributed by atoms with Crippen LogP contribution in [-0.2, 0) is 19.1 Å². The number of ether oxygens (including phenoxy) is 2. The number of carbonyl (C=O) groups excluding carboxylic acids is 2. The molecule has 0 radical (unpaired) electrons. The lowest BCUT2D eigenvalue weighted by Gasteiger charge is -2.11. The van der Waals surface area contributed by atoms with Crippen LogP contribution in [-0.4, -0.2) is 25.2 Å². The van der Waals surface area contributed by atoms with Crippen molar-refractivity contribution in [1.82, 2.24) is 0 Å². The van der Waals surface area contributed by atoms with Crippen molar-refractivity contribution in [2.24, 2.45) is 11.8 Å². The molecule has 4 nitrogen and oxygen atoms in total. The molecule has 42 heavy (non-hydrogen) atoms. The average molecular weight is 593 g/mol. The van der Waals surface area contributed by atoms with Gasteiger partial charge in [0.25, 0.3) is 0 Å². The maximum absolute atomic E-state index is 12.0. The summed E-state index contributed by atoms with van der Waals surface area (Å²) < 4.78 is 10.7. The molecular formula is C38H72O4. The molecule has 0 bridgehead atoms. The third-order valence-electron chi connectivity index (χ3n) is 8.48. The highest BCUT2D eigenvalue weighted by atomic mass is 16.5. The maximum Gasteiger partial charge on any atom is 0.331 e. The van der Waals surface area contributed by atoms with Gasteiger partial charge in [0, 0.05) is 12.2 Å². The van der Waals surface area contributed by atoms with Crippen LogP contribution in [0.25, 0.3) is 0 Å². The molecule has 248 valence electrons. The Morgan fingerprint density at radius 1 is 0.429 bits per heavy atom. The molecule has 0 spiro atoms. The van der Waals surface area contributed by atoms with E-state index in [4.69, 9.17) is 9.47 Å². The van der Waals surface area contributed by atoms with E-state index in [1.807, 2.05) is 0 Å². The number of carbonyl (C=O) groups is 2. The van der Waals surface area contributed by atoms with Crippen LogP contribution in [0.5, 0.6) is 0 Å². The van der Waals surface area contributed by atoms with Crippen LogP contribution < -0.4 is 0 Å². The first-order valence-corrected chi connectivity index (χ1v) is 18.5.